The van der Waals surface area contributed by atoms with E-state index in [1.165, 1.54) is 6.42 Å². The molecule has 1 amide bonds. The molecule has 1 fully saturated rings. The van der Waals surface area contributed by atoms with E-state index < -0.39 is 5.97 Å². The van der Waals surface area contributed by atoms with E-state index in [4.69, 9.17) is 5.11 Å². The van der Waals surface area contributed by atoms with Gasteiger partial charge in [-0.2, -0.15) is 0 Å². The Morgan fingerprint density at radius 2 is 1.94 bits per heavy atom. The van der Waals surface area contributed by atoms with Crippen molar-refractivity contribution in [2.24, 2.45) is 11.8 Å². The topological polar surface area (TPSA) is 66.4 Å². The van der Waals surface area contributed by atoms with E-state index in [0.29, 0.717) is 11.8 Å². The zero-order chi connectivity index (χ0) is 12.1. The number of hydrogen-bond donors (Lipinski definition) is 2. The number of carbonyl (C=O) groups excluding carboxylic acids is 1. The van der Waals surface area contributed by atoms with Crippen LogP contribution >= 0.6 is 0 Å². The molecule has 0 heterocycles. The quantitative estimate of drug-likeness (QED) is 0.769. The predicted molar refractivity (Wildman–Crippen MR) is 61.0 cm³/mol. The largest absolute Gasteiger partial charge is 0.481 e. The standard InChI is InChI=1S/C12H21NO3/c1-8-4-3-5-10(9(8)2)13-11(14)6-7-12(15)16/h8-10H,3-7H2,1-2H3,(H,13,14)(H,15,16)/t8-,9-,10-/m1/s1. The number of rotatable bonds is 4. The van der Waals surface area contributed by atoms with Crippen LogP contribution in [0.3, 0.4) is 0 Å². The Kier molecular flexibility index (Phi) is 4.77. The van der Waals surface area contributed by atoms with Gasteiger partial charge in [0.05, 0.1) is 6.42 Å². The number of hydrogen-bond acceptors (Lipinski definition) is 2. The first-order valence-electron chi connectivity index (χ1n) is 6.02. The summed E-state index contributed by atoms with van der Waals surface area (Å²) in [6, 6.07) is 0.227. The summed E-state index contributed by atoms with van der Waals surface area (Å²) in [6.45, 7) is 4.37. The molecular weight excluding hydrogens is 206 g/mol. The molecule has 4 nitrogen and oxygen atoms in total. The first-order valence-corrected chi connectivity index (χ1v) is 6.02. The molecule has 4 heteroatoms. The smallest absolute Gasteiger partial charge is 0.303 e. The van der Waals surface area contributed by atoms with Crippen LogP contribution in [0.25, 0.3) is 0 Å². The van der Waals surface area contributed by atoms with Gasteiger partial charge in [0.1, 0.15) is 0 Å². The van der Waals surface area contributed by atoms with Gasteiger partial charge in [0, 0.05) is 12.5 Å². The fourth-order valence-corrected chi connectivity index (χ4v) is 2.29. The van der Waals surface area contributed by atoms with Gasteiger partial charge >= 0.3 is 5.97 Å². The van der Waals surface area contributed by atoms with E-state index in [9.17, 15) is 9.59 Å². The fourth-order valence-electron chi connectivity index (χ4n) is 2.29. The molecule has 0 aromatic heterocycles. The van der Waals surface area contributed by atoms with Crippen LogP contribution in [0.1, 0.15) is 46.0 Å². The van der Waals surface area contributed by atoms with Crippen molar-refractivity contribution < 1.29 is 14.7 Å². The Bertz CT molecular complexity index is 265. The molecule has 1 aliphatic carbocycles. The Morgan fingerprint density at radius 1 is 1.25 bits per heavy atom. The van der Waals surface area contributed by atoms with Gasteiger partial charge in [-0.05, 0) is 18.3 Å². The van der Waals surface area contributed by atoms with Crippen LogP contribution in [-0.2, 0) is 9.59 Å². The highest BCUT2D eigenvalue weighted by Gasteiger charge is 2.27. The van der Waals surface area contributed by atoms with Crippen molar-refractivity contribution in [1.29, 1.82) is 0 Å². The number of carbonyl (C=O) groups is 2. The summed E-state index contributed by atoms with van der Waals surface area (Å²) in [6.07, 6.45) is 3.40. The van der Waals surface area contributed by atoms with Crippen LogP contribution < -0.4 is 5.32 Å². The minimum absolute atomic E-state index is 0.0809. The van der Waals surface area contributed by atoms with Gasteiger partial charge in [-0.25, -0.2) is 0 Å². The maximum Gasteiger partial charge on any atom is 0.303 e. The summed E-state index contributed by atoms with van der Waals surface area (Å²) < 4.78 is 0. The Labute approximate surface area is 96.4 Å². The maximum atomic E-state index is 11.5. The molecule has 1 saturated carbocycles. The molecule has 0 unspecified atom stereocenters. The highest BCUT2D eigenvalue weighted by molar-refractivity contribution is 5.80. The average molecular weight is 227 g/mol. The molecule has 0 aromatic carbocycles. The Morgan fingerprint density at radius 3 is 2.56 bits per heavy atom. The molecule has 0 radical (unpaired) electrons. The van der Waals surface area contributed by atoms with Crippen LogP contribution in [0.5, 0.6) is 0 Å². The minimum atomic E-state index is -0.916. The lowest BCUT2D eigenvalue weighted by Crippen LogP contribution is -2.43. The normalized spacial score (nSPS) is 29.8. The zero-order valence-corrected chi connectivity index (χ0v) is 10.0. The Balaban J connectivity index is 2.35. The monoisotopic (exact) mass is 227 g/mol. The average Bonchev–Trinajstić information content (AvgIpc) is 2.22. The van der Waals surface area contributed by atoms with Crippen molar-refractivity contribution >= 4 is 11.9 Å². The molecule has 92 valence electrons. The molecule has 1 aliphatic rings. The van der Waals surface area contributed by atoms with Gasteiger partial charge in [-0.3, -0.25) is 9.59 Å². The third kappa shape index (κ3) is 3.83. The summed E-state index contributed by atoms with van der Waals surface area (Å²) in [5.74, 6) is 0.0783. The molecule has 16 heavy (non-hydrogen) atoms. The summed E-state index contributed by atoms with van der Waals surface area (Å²) >= 11 is 0. The lowest BCUT2D eigenvalue weighted by molar-refractivity contribution is -0.139. The lowest BCUT2D eigenvalue weighted by atomic mass is 9.78. The lowest BCUT2D eigenvalue weighted by Gasteiger charge is -2.34. The van der Waals surface area contributed by atoms with Crippen LogP contribution in [0.15, 0.2) is 0 Å². The van der Waals surface area contributed by atoms with Crippen molar-refractivity contribution in [3.8, 4) is 0 Å². The second kappa shape index (κ2) is 5.87. The number of carboxylic acids is 1. The second-order valence-electron chi connectivity index (χ2n) is 4.84. The van der Waals surface area contributed by atoms with Crippen molar-refractivity contribution in [2.45, 2.75) is 52.0 Å². The van der Waals surface area contributed by atoms with Crippen LogP contribution in [0.4, 0.5) is 0 Å². The van der Waals surface area contributed by atoms with Gasteiger partial charge in [0.25, 0.3) is 0 Å². The molecule has 2 N–H and O–H groups in total. The highest BCUT2D eigenvalue weighted by Crippen LogP contribution is 2.29. The van der Waals surface area contributed by atoms with Crippen LogP contribution in [0, 0.1) is 11.8 Å². The van der Waals surface area contributed by atoms with Crippen LogP contribution in [-0.4, -0.2) is 23.0 Å². The van der Waals surface area contributed by atoms with Crippen molar-refractivity contribution in [2.75, 3.05) is 0 Å². The van der Waals surface area contributed by atoms with Gasteiger partial charge < -0.3 is 10.4 Å². The minimum Gasteiger partial charge on any atom is -0.481 e. The van der Waals surface area contributed by atoms with Crippen molar-refractivity contribution in [1.82, 2.24) is 5.32 Å². The molecule has 0 bridgehead atoms. The molecular formula is C12H21NO3. The number of carboxylic acid groups (broad SMARTS) is 1. The molecule has 0 aromatic rings. The third-order valence-electron chi connectivity index (χ3n) is 3.62. The zero-order valence-electron chi connectivity index (χ0n) is 10.0. The second-order valence-corrected chi connectivity index (χ2v) is 4.84. The molecule has 0 saturated heterocycles. The fraction of sp³-hybridized carbons (Fsp3) is 0.833. The first kappa shape index (κ1) is 13.0. The summed E-state index contributed by atoms with van der Waals surface area (Å²) in [7, 11) is 0. The maximum absolute atomic E-state index is 11.5. The summed E-state index contributed by atoms with van der Waals surface area (Å²) in [4.78, 5) is 21.8. The first-order chi connectivity index (χ1) is 7.50. The SMILES string of the molecule is C[C@@H]1[C@H](C)CCC[C@H]1NC(=O)CCC(=O)O. The van der Waals surface area contributed by atoms with Gasteiger partial charge in [-0.15, -0.1) is 0 Å². The highest BCUT2D eigenvalue weighted by atomic mass is 16.4. The van der Waals surface area contributed by atoms with E-state index in [-0.39, 0.29) is 24.8 Å². The third-order valence-corrected chi connectivity index (χ3v) is 3.62. The summed E-state index contributed by atoms with van der Waals surface area (Å²) in [5.41, 5.74) is 0. The van der Waals surface area contributed by atoms with E-state index in [1.54, 1.807) is 0 Å². The summed E-state index contributed by atoms with van der Waals surface area (Å²) in [5, 5.41) is 11.4. The van der Waals surface area contributed by atoms with Crippen molar-refractivity contribution in [3.05, 3.63) is 0 Å². The van der Waals surface area contributed by atoms with E-state index in [2.05, 4.69) is 19.2 Å². The van der Waals surface area contributed by atoms with E-state index in [1.807, 2.05) is 0 Å². The number of nitrogens with one attached hydrogen (secondary N) is 1. The molecule has 0 aliphatic heterocycles. The van der Waals surface area contributed by atoms with Gasteiger partial charge in [-0.1, -0.05) is 26.7 Å². The molecule has 3 atom stereocenters. The van der Waals surface area contributed by atoms with Gasteiger partial charge in [0.2, 0.25) is 5.91 Å². The molecule has 0 spiro atoms. The Hall–Kier alpha value is -1.06. The van der Waals surface area contributed by atoms with Crippen LogP contribution in [0.2, 0.25) is 0 Å². The van der Waals surface area contributed by atoms with Crippen molar-refractivity contribution in [3.63, 3.8) is 0 Å². The van der Waals surface area contributed by atoms with E-state index >= 15 is 0 Å². The van der Waals surface area contributed by atoms with E-state index in [0.717, 1.165) is 12.8 Å². The number of amides is 1. The van der Waals surface area contributed by atoms with Gasteiger partial charge in [0.15, 0.2) is 0 Å². The molecule has 1 rings (SSSR count). The number of aliphatic carboxylic acids is 1. The predicted octanol–water partition coefficient (Wildman–Crippen LogP) is 1.79.